The molecule has 25 heavy (non-hydrogen) atoms. The zero-order valence-electron chi connectivity index (χ0n) is 13.9. The predicted octanol–water partition coefficient (Wildman–Crippen LogP) is 3.25. The summed E-state index contributed by atoms with van der Waals surface area (Å²) in [6.07, 6.45) is 0.900. The molecule has 1 aliphatic heterocycles. The fourth-order valence-electron chi connectivity index (χ4n) is 2.91. The van der Waals surface area contributed by atoms with E-state index < -0.39 is 0 Å². The number of carbonyl (C=O) groups excluding carboxylic acids is 1. The van der Waals surface area contributed by atoms with Crippen LogP contribution < -0.4 is 5.32 Å². The summed E-state index contributed by atoms with van der Waals surface area (Å²) < 4.78 is 4.94. The fourth-order valence-corrected chi connectivity index (χ4v) is 3.96. The van der Waals surface area contributed by atoms with Crippen LogP contribution in [0.2, 0.25) is 0 Å². The number of thiazole rings is 1. The van der Waals surface area contributed by atoms with Crippen molar-refractivity contribution in [2.75, 3.05) is 11.9 Å². The normalized spacial score (nSPS) is 14.3. The van der Waals surface area contributed by atoms with Gasteiger partial charge in [0.05, 0.1) is 5.69 Å². The maximum absolute atomic E-state index is 12.2. The Morgan fingerprint density at radius 2 is 2.20 bits per heavy atom. The van der Waals surface area contributed by atoms with Gasteiger partial charge in [0.1, 0.15) is 5.76 Å². The first-order chi connectivity index (χ1) is 12.2. The van der Waals surface area contributed by atoms with Crippen LogP contribution in [0.25, 0.3) is 0 Å². The molecule has 3 heterocycles. The highest BCUT2D eigenvalue weighted by Gasteiger charge is 2.22. The van der Waals surface area contributed by atoms with Crippen LogP contribution in [0, 0.1) is 6.92 Å². The summed E-state index contributed by atoms with van der Waals surface area (Å²) in [4.78, 5) is 20.4. The van der Waals surface area contributed by atoms with Gasteiger partial charge in [0, 0.05) is 37.0 Å². The molecule has 6 nitrogen and oxygen atoms in total. The van der Waals surface area contributed by atoms with Crippen molar-refractivity contribution in [3.05, 3.63) is 64.0 Å². The van der Waals surface area contributed by atoms with Gasteiger partial charge in [-0.1, -0.05) is 35.5 Å². The van der Waals surface area contributed by atoms with Crippen molar-refractivity contribution < 1.29 is 9.32 Å². The van der Waals surface area contributed by atoms with E-state index in [1.807, 2.05) is 6.07 Å². The van der Waals surface area contributed by atoms with Crippen molar-refractivity contribution in [1.29, 1.82) is 0 Å². The number of carbonyl (C=O) groups is 1. The predicted molar refractivity (Wildman–Crippen MR) is 95.6 cm³/mol. The van der Waals surface area contributed by atoms with Crippen molar-refractivity contribution in [3.63, 3.8) is 0 Å². The molecule has 0 spiro atoms. The second-order valence-corrected chi connectivity index (χ2v) is 7.20. The average Bonchev–Trinajstić information content (AvgIpc) is 3.21. The van der Waals surface area contributed by atoms with E-state index in [9.17, 15) is 4.79 Å². The van der Waals surface area contributed by atoms with E-state index >= 15 is 0 Å². The highest BCUT2D eigenvalue weighted by molar-refractivity contribution is 7.15. The molecule has 128 valence electrons. The van der Waals surface area contributed by atoms with E-state index in [2.05, 4.69) is 44.6 Å². The molecule has 2 aromatic heterocycles. The molecule has 0 unspecified atom stereocenters. The highest BCUT2D eigenvalue weighted by atomic mass is 32.1. The number of amides is 1. The summed E-state index contributed by atoms with van der Waals surface area (Å²) in [6, 6.07) is 12.1. The minimum atomic E-state index is -0.288. The van der Waals surface area contributed by atoms with Crippen LogP contribution >= 0.6 is 11.3 Å². The van der Waals surface area contributed by atoms with Crippen LogP contribution in [0.1, 0.15) is 32.4 Å². The zero-order valence-corrected chi connectivity index (χ0v) is 14.7. The molecule has 1 aliphatic rings. The van der Waals surface area contributed by atoms with Crippen LogP contribution in [-0.2, 0) is 19.5 Å². The van der Waals surface area contributed by atoms with E-state index in [0.717, 1.165) is 31.7 Å². The molecule has 1 amide bonds. The Balaban J connectivity index is 1.43. The third kappa shape index (κ3) is 3.62. The Hall–Kier alpha value is -2.51. The Bertz CT molecular complexity index is 888. The van der Waals surface area contributed by atoms with Crippen LogP contribution in [-0.4, -0.2) is 27.5 Å². The third-order valence-corrected chi connectivity index (χ3v) is 5.14. The number of benzene rings is 1. The number of nitrogens with one attached hydrogen (secondary N) is 1. The summed E-state index contributed by atoms with van der Waals surface area (Å²) in [5.41, 5.74) is 2.67. The smallest absolute Gasteiger partial charge is 0.279 e. The lowest BCUT2D eigenvalue weighted by atomic mass is 10.1. The molecule has 4 rings (SSSR count). The molecule has 1 aromatic carbocycles. The molecule has 0 saturated carbocycles. The first kappa shape index (κ1) is 16.0. The summed E-state index contributed by atoms with van der Waals surface area (Å²) in [5, 5.41) is 7.18. The van der Waals surface area contributed by atoms with E-state index in [4.69, 9.17) is 4.52 Å². The molecule has 0 atom stereocenters. The molecule has 0 fully saturated rings. The van der Waals surface area contributed by atoms with Gasteiger partial charge in [0.25, 0.3) is 5.91 Å². The first-order valence-corrected chi connectivity index (χ1v) is 8.98. The number of aromatic nitrogens is 2. The van der Waals surface area contributed by atoms with Crippen molar-refractivity contribution in [3.8, 4) is 0 Å². The van der Waals surface area contributed by atoms with Gasteiger partial charge in [-0.15, -0.1) is 11.3 Å². The molecule has 1 N–H and O–H groups in total. The number of aryl methyl sites for hydroxylation is 1. The minimum absolute atomic E-state index is 0.274. The van der Waals surface area contributed by atoms with Crippen LogP contribution in [0.5, 0.6) is 0 Å². The van der Waals surface area contributed by atoms with Crippen molar-refractivity contribution in [1.82, 2.24) is 15.0 Å². The van der Waals surface area contributed by atoms with Gasteiger partial charge < -0.3 is 4.52 Å². The van der Waals surface area contributed by atoms with E-state index in [1.165, 1.54) is 21.8 Å². The quantitative estimate of drug-likeness (QED) is 0.779. The molecule has 7 heteroatoms. The summed E-state index contributed by atoms with van der Waals surface area (Å²) in [5.74, 6) is 0.323. The number of nitrogens with zero attached hydrogens (tertiary/aromatic N) is 3. The Kier molecular flexibility index (Phi) is 4.33. The van der Waals surface area contributed by atoms with Crippen LogP contribution in [0.3, 0.4) is 0 Å². The number of rotatable bonds is 4. The lowest BCUT2D eigenvalue weighted by Gasteiger charge is -2.25. The maximum atomic E-state index is 12.2. The molecule has 0 radical (unpaired) electrons. The number of anilines is 1. The largest absolute Gasteiger partial charge is 0.361 e. The summed E-state index contributed by atoms with van der Waals surface area (Å²) in [7, 11) is 0. The van der Waals surface area contributed by atoms with Crippen molar-refractivity contribution >= 4 is 22.4 Å². The minimum Gasteiger partial charge on any atom is -0.361 e. The second kappa shape index (κ2) is 6.78. The maximum Gasteiger partial charge on any atom is 0.279 e. The van der Waals surface area contributed by atoms with Gasteiger partial charge in [0.15, 0.2) is 10.8 Å². The Morgan fingerprint density at radius 3 is 2.96 bits per heavy atom. The molecular weight excluding hydrogens is 336 g/mol. The zero-order chi connectivity index (χ0) is 17.2. The second-order valence-electron chi connectivity index (χ2n) is 6.11. The van der Waals surface area contributed by atoms with Gasteiger partial charge in [-0.2, -0.15) is 0 Å². The molecule has 3 aromatic rings. The number of hydrogen-bond donors (Lipinski definition) is 1. The van der Waals surface area contributed by atoms with Gasteiger partial charge in [-0.05, 0) is 12.5 Å². The SMILES string of the molecule is Cc1cc(C(=O)Nc2nc3c(s2)CN(Cc2ccccc2)CC3)no1. The van der Waals surface area contributed by atoms with E-state index in [-0.39, 0.29) is 11.6 Å². The topological polar surface area (TPSA) is 71.3 Å². The lowest BCUT2D eigenvalue weighted by molar-refractivity contribution is 0.101. The summed E-state index contributed by atoms with van der Waals surface area (Å²) >= 11 is 1.54. The number of fused-ring (bicyclic) bond motifs is 1. The third-order valence-electron chi connectivity index (χ3n) is 4.14. The van der Waals surface area contributed by atoms with Crippen molar-refractivity contribution in [2.45, 2.75) is 26.4 Å². The monoisotopic (exact) mass is 354 g/mol. The van der Waals surface area contributed by atoms with E-state index in [0.29, 0.717) is 10.9 Å². The molecule has 0 bridgehead atoms. The van der Waals surface area contributed by atoms with Crippen LogP contribution in [0.4, 0.5) is 5.13 Å². The Morgan fingerprint density at radius 1 is 1.36 bits per heavy atom. The fraction of sp³-hybridized carbons (Fsp3) is 0.278. The van der Waals surface area contributed by atoms with Crippen LogP contribution in [0.15, 0.2) is 40.9 Å². The van der Waals surface area contributed by atoms with Gasteiger partial charge in [0.2, 0.25) is 0 Å². The van der Waals surface area contributed by atoms with Crippen molar-refractivity contribution in [2.24, 2.45) is 0 Å². The van der Waals surface area contributed by atoms with Gasteiger partial charge >= 0.3 is 0 Å². The average molecular weight is 354 g/mol. The Labute approximate surface area is 149 Å². The molecular formula is C18H18N4O2S. The standard InChI is InChI=1S/C18H18N4O2S/c1-12-9-15(21-24-12)17(23)20-18-19-14-7-8-22(11-16(14)25-18)10-13-5-3-2-4-6-13/h2-6,9H,7-8,10-11H2,1H3,(H,19,20,23). The number of hydrogen-bond acceptors (Lipinski definition) is 6. The van der Waals surface area contributed by atoms with E-state index in [1.54, 1.807) is 13.0 Å². The molecule has 0 saturated heterocycles. The first-order valence-electron chi connectivity index (χ1n) is 8.17. The highest BCUT2D eigenvalue weighted by Crippen LogP contribution is 2.29. The summed E-state index contributed by atoms with van der Waals surface area (Å²) in [6.45, 7) is 4.52. The van der Waals surface area contributed by atoms with Gasteiger partial charge in [-0.3, -0.25) is 15.0 Å². The lowest BCUT2D eigenvalue weighted by Crippen LogP contribution is -2.29. The van der Waals surface area contributed by atoms with Gasteiger partial charge in [-0.25, -0.2) is 4.98 Å². The molecule has 0 aliphatic carbocycles.